The van der Waals surface area contributed by atoms with Crippen LogP contribution in [0.2, 0.25) is 0 Å². The van der Waals surface area contributed by atoms with Crippen LogP contribution in [0.3, 0.4) is 0 Å². The van der Waals surface area contributed by atoms with Crippen molar-refractivity contribution in [1.29, 1.82) is 0 Å². The van der Waals surface area contributed by atoms with E-state index in [1.807, 2.05) is 0 Å². The van der Waals surface area contributed by atoms with Crippen LogP contribution in [0.1, 0.15) is 6.92 Å². The van der Waals surface area contributed by atoms with Crippen molar-refractivity contribution in [3.8, 4) is 0 Å². The van der Waals surface area contributed by atoms with E-state index < -0.39 is 11.2 Å². The molecule has 0 aromatic heterocycles. The lowest BCUT2D eigenvalue weighted by molar-refractivity contribution is -0.144. The van der Waals surface area contributed by atoms with Gasteiger partial charge in [0.1, 0.15) is 0 Å². The largest absolute Gasteiger partial charge is 0.465 e. The molecule has 1 N–H and O–H groups in total. The Morgan fingerprint density at radius 1 is 1.83 bits per heavy atom. The lowest BCUT2D eigenvalue weighted by Crippen LogP contribution is -2.30. The zero-order valence-electron chi connectivity index (χ0n) is 6.62. The fraction of sp³-hybridized carbons (Fsp3) is 0.429. The summed E-state index contributed by atoms with van der Waals surface area (Å²) in [6.07, 6.45) is 0. The van der Waals surface area contributed by atoms with Gasteiger partial charge in [-0.25, -0.2) is 0 Å². The molecule has 1 atom stereocenters. The molecule has 1 saturated heterocycles. The number of carbonyl (C=O) groups is 2. The molecule has 0 aliphatic carbocycles. The molecule has 1 amide bonds. The smallest absolute Gasteiger partial charge is 0.329 e. The number of carbonyl (C=O) groups excluding carboxylic acids is 2. The van der Waals surface area contributed by atoms with Crippen LogP contribution in [-0.2, 0) is 14.3 Å². The van der Waals surface area contributed by atoms with E-state index >= 15 is 0 Å². The minimum absolute atomic E-state index is 0.287. The van der Waals surface area contributed by atoms with Crippen molar-refractivity contribution >= 4 is 23.6 Å². The normalized spacial score (nSPS) is 22.2. The molecule has 1 aliphatic rings. The first-order valence-corrected chi connectivity index (χ1v) is 4.36. The third-order valence-electron chi connectivity index (χ3n) is 1.26. The maximum Gasteiger partial charge on any atom is 0.329 e. The average Bonchev–Trinajstić information content (AvgIpc) is 2.30. The van der Waals surface area contributed by atoms with Gasteiger partial charge in [0.15, 0.2) is 5.25 Å². The van der Waals surface area contributed by atoms with Crippen molar-refractivity contribution in [1.82, 2.24) is 5.32 Å². The molecule has 0 radical (unpaired) electrons. The molecule has 0 bridgehead atoms. The Kier molecular flexibility index (Phi) is 2.75. The van der Waals surface area contributed by atoms with Gasteiger partial charge in [-0.05, 0) is 6.92 Å². The molecule has 1 aliphatic heterocycles. The number of hydrogen-bond acceptors (Lipinski definition) is 4. The minimum atomic E-state index is -0.766. The van der Waals surface area contributed by atoms with Crippen LogP contribution >= 0.6 is 11.8 Å². The molecule has 12 heavy (non-hydrogen) atoms. The summed E-state index contributed by atoms with van der Waals surface area (Å²) >= 11 is 1.09. The molecule has 4 nitrogen and oxygen atoms in total. The second kappa shape index (κ2) is 3.62. The van der Waals surface area contributed by atoms with Gasteiger partial charge in [0, 0.05) is 0 Å². The fourth-order valence-electron chi connectivity index (χ4n) is 0.801. The predicted octanol–water partition coefficient (Wildman–Crippen LogP) is 0.252. The minimum Gasteiger partial charge on any atom is -0.465 e. The van der Waals surface area contributed by atoms with Gasteiger partial charge in [0.2, 0.25) is 5.91 Å². The van der Waals surface area contributed by atoms with Gasteiger partial charge in [0.25, 0.3) is 0 Å². The standard InChI is InChI=1S/C7H9NO3S/c1-3-11-7(10)5-6(9)8-4(2)12-5/h5H,2-3H2,1H3,(H,8,9)/t5-/m1/s1. The Morgan fingerprint density at radius 2 is 2.50 bits per heavy atom. The van der Waals surface area contributed by atoms with Gasteiger partial charge in [-0.3, -0.25) is 9.59 Å². The summed E-state index contributed by atoms with van der Waals surface area (Å²) in [6, 6.07) is 0. The SMILES string of the molecule is C=C1NC(=O)[C@H](C(=O)OCC)S1. The van der Waals surface area contributed by atoms with E-state index in [1.54, 1.807) is 6.92 Å². The van der Waals surface area contributed by atoms with Gasteiger partial charge in [-0.1, -0.05) is 18.3 Å². The van der Waals surface area contributed by atoms with E-state index in [9.17, 15) is 9.59 Å². The molecule has 0 unspecified atom stereocenters. The Labute approximate surface area is 74.3 Å². The van der Waals surface area contributed by atoms with E-state index in [4.69, 9.17) is 0 Å². The monoisotopic (exact) mass is 187 g/mol. The number of esters is 1. The van der Waals surface area contributed by atoms with Crippen LogP contribution in [0.15, 0.2) is 11.6 Å². The molecular weight excluding hydrogens is 178 g/mol. The maximum absolute atomic E-state index is 11.1. The number of rotatable bonds is 2. The summed E-state index contributed by atoms with van der Waals surface area (Å²) in [4.78, 5) is 22.1. The molecule has 0 saturated carbocycles. The summed E-state index contributed by atoms with van der Waals surface area (Å²) in [5, 5.41) is 2.17. The summed E-state index contributed by atoms with van der Waals surface area (Å²) in [5.74, 6) is -0.845. The number of hydrogen-bond donors (Lipinski definition) is 1. The van der Waals surface area contributed by atoms with E-state index in [-0.39, 0.29) is 12.5 Å². The number of thioether (sulfide) groups is 1. The van der Waals surface area contributed by atoms with Crippen LogP contribution in [-0.4, -0.2) is 23.7 Å². The van der Waals surface area contributed by atoms with Crippen molar-refractivity contribution in [2.45, 2.75) is 12.2 Å². The highest BCUT2D eigenvalue weighted by Crippen LogP contribution is 2.25. The molecule has 5 heteroatoms. The van der Waals surface area contributed by atoms with E-state index in [1.165, 1.54) is 0 Å². The Balaban J connectivity index is 2.58. The lowest BCUT2D eigenvalue weighted by atomic mass is 10.4. The van der Waals surface area contributed by atoms with Gasteiger partial charge in [0.05, 0.1) is 11.6 Å². The van der Waals surface area contributed by atoms with E-state index in [2.05, 4.69) is 16.6 Å². The van der Waals surface area contributed by atoms with Crippen molar-refractivity contribution in [3.63, 3.8) is 0 Å². The Hall–Kier alpha value is -0.970. The molecule has 0 aromatic carbocycles. The highest BCUT2D eigenvalue weighted by Gasteiger charge is 2.35. The van der Waals surface area contributed by atoms with E-state index in [0.29, 0.717) is 5.03 Å². The number of amides is 1. The maximum atomic E-state index is 11.1. The highest BCUT2D eigenvalue weighted by molar-refractivity contribution is 8.05. The second-order valence-corrected chi connectivity index (χ2v) is 3.36. The number of ether oxygens (including phenoxy) is 1. The van der Waals surface area contributed by atoms with Gasteiger partial charge >= 0.3 is 5.97 Å². The second-order valence-electron chi connectivity index (χ2n) is 2.16. The first-order chi connectivity index (χ1) is 5.65. The summed E-state index contributed by atoms with van der Waals surface area (Å²) < 4.78 is 4.68. The number of nitrogens with one attached hydrogen (secondary N) is 1. The highest BCUT2D eigenvalue weighted by atomic mass is 32.2. The van der Waals surface area contributed by atoms with E-state index in [0.717, 1.165) is 11.8 Å². The van der Waals surface area contributed by atoms with Crippen LogP contribution < -0.4 is 5.32 Å². The third kappa shape index (κ3) is 1.79. The van der Waals surface area contributed by atoms with Crippen molar-refractivity contribution in [3.05, 3.63) is 11.6 Å². The van der Waals surface area contributed by atoms with Crippen LogP contribution in [0, 0.1) is 0 Å². The van der Waals surface area contributed by atoms with Gasteiger partial charge in [-0.15, -0.1) is 0 Å². The van der Waals surface area contributed by atoms with Gasteiger partial charge in [-0.2, -0.15) is 0 Å². The summed E-state index contributed by atoms with van der Waals surface area (Å²) in [5.41, 5.74) is 0. The van der Waals surface area contributed by atoms with Crippen molar-refractivity contribution in [2.75, 3.05) is 6.61 Å². The molecule has 1 fully saturated rings. The van der Waals surface area contributed by atoms with Crippen LogP contribution in [0.25, 0.3) is 0 Å². The molecule has 0 spiro atoms. The molecule has 1 heterocycles. The Morgan fingerprint density at radius 3 is 2.92 bits per heavy atom. The first kappa shape index (κ1) is 9.12. The molecule has 0 aromatic rings. The lowest BCUT2D eigenvalue weighted by Gasteiger charge is -2.03. The topological polar surface area (TPSA) is 55.4 Å². The predicted molar refractivity (Wildman–Crippen MR) is 45.3 cm³/mol. The molecular formula is C7H9NO3S. The van der Waals surface area contributed by atoms with Crippen LogP contribution in [0.4, 0.5) is 0 Å². The van der Waals surface area contributed by atoms with Crippen molar-refractivity contribution in [2.24, 2.45) is 0 Å². The quantitative estimate of drug-likeness (QED) is 0.497. The van der Waals surface area contributed by atoms with Crippen molar-refractivity contribution < 1.29 is 14.3 Å². The molecule has 1 rings (SSSR count). The fourth-order valence-corrected chi connectivity index (χ4v) is 1.58. The summed E-state index contributed by atoms with van der Waals surface area (Å²) in [7, 11) is 0. The zero-order valence-corrected chi connectivity index (χ0v) is 7.44. The van der Waals surface area contributed by atoms with Gasteiger partial charge < -0.3 is 10.1 Å². The Bertz CT molecular complexity index is 239. The molecule has 66 valence electrons. The first-order valence-electron chi connectivity index (χ1n) is 3.48. The zero-order chi connectivity index (χ0) is 9.14. The third-order valence-corrected chi connectivity index (χ3v) is 2.29. The van der Waals surface area contributed by atoms with Crippen LogP contribution in [0.5, 0.6) is 0 Å². The summed E-state index contributed by atoms with van der Waals surface area (Å²) in [6.45, 7) is 5.51. The average molecular weight is 187 g/mol.